The number of benzene rings is 6. The van der Waals surface area contributed by atoms with Crippen LogP contribution in [0.4, 0.5) is 0 Å². The van der Waals surface area contributed by atoms with Crippen LogP contribution >= 0.6 is 0 Å². The van der Waals surface area contributed by atoms with Crippen molar-refractivity contribution in [3.63, 3.8) is 0 Å². The Morgan fingerprint density at radius 2 is 1.02 bits per heavy atom. The zero-order valence-corrected chi connectivity index (χ0v) is 26.4. The zero-order valence-electron chi connectivity index (χ0n) is 26.4. The van der Waals surface area contributed by atoms with E-state index in [9.17, 15) is 0 Å². The van der Waals surface area contributed by atoms with Crippen LogP contribution in [-0.4, -0.2) is 20.4 Å². The summed E-state index contributed by atoms with van der Waals surface area (Å²) in [5.74, 6) is 0. The lowest BCUT2D eigenvalue weighted by molar-refractivity contribution is 0.669. The van der Waals surface area contributed by atoms with Crippen LogP contribution in [0.2, 0.25) is 0 Å². The van der Waals surface area contributed by atoms with Crippen LogP contribution in [0.3, 0.4) is 0 Å². The molecule has 0 saturated heterocycles. The molecule has 0 aliphatic carbocycles. The highest BCUT2D eigenvalue weighted by Crippen LogP contribution is 2.51. The molecular weight excluding hydrogens is 601 g/mol. The summed E-state index contributed by atoms with van der Waals surface area (Å²) < 4.78 is 6.49. The molecule has 49 heavy (non-hydrogen) atoms. The number of aromatic nitrogens is 4. The predicted molar refractivity (Wildman–Crippen MR) is 198 cm³/mol. The van der Waals surface area contributed by atoms with Crippen LogP contribution in [0.15, 0.2) is 175 Å². The van der Waals surface area contributed by atoms with Gasteiger partial charge in [-0.1, -0.05) is 133 Å². The lowest BCUT2D eigenvalue weighted by atomic mass is 9.81. The maximum absolute atomic E-state index is 6.49. The van der Waals surface area contributed by atoms with Crippen molar-refractivity contribution in [2.75, 3.05) is 0 Å². The van der Waals surface area contributed by atoms with Crippen molar-refractivity contribution in [1.82, 2.24) is 20.4 Å². The molecule has 0 amide bonds. The number of rotatable bonds is 6. The molecule has 0 saturated carbocycles. The molecule has 230 valence electrons. The summed E-state index contributed by atoms with van der Waals surface area (Å²) in [7, 11) is 0. The Bertz CT molecular complexity index is 2580. The van der Waals surface area contributed by atoms with Gasteiger partial charge >= 0.3 is 0 Å². The van der Waals surface area contributed by atoms with Gasteiger partial charge in [0.2, 0.25) is 0 Å². The maximum Gasteiger partial charge on any atom is 0.136 e. The number of para-hydroxylation sites is 1. The van der Waals surface area contributed by atoms with E-state index in [1.807, 2.05) is 48.7 Å². The molecule has 0 N–H and O–H groups in total. The highest BCUT2D eigenvalue weighted by Gasteiger charge is 2.27. The Labute approximate surface area is 283 Å². The minimum atomic E-state index is 0.700. The molecule has 9 aromatic rings. The molecular formula is C44H28N4O. The topological polar surface area (TPSA) is 64.7 Å². The lowest BCUT2D eigenvalue weighted by Crippen LogP contribution is -2.01. The minimum absolute atomic E-state index is 0.700. The second kappa shape index (κ2) is 12.1. The van der Waals surface area contributed by atoms with Gasteiger partial charge < -0.3 is 4.42 Å². The molecule has 6 aromatic carbocycles. The van der Waals surface area contributed by atoms with E-state index in [2.05, 4.69) is 131 Å². The molecule has 3 aromatic heterocycles. The van der Waals surface area contributed by atoms with Crippen molar-refractivity contribution in [2.24, 2.45) is 0 Å². The third-order valence-corrected chi connectivity index (χ3v) is 9.08. The number of furan rings is 1. The van der Waals surface area contributed by atoms with Crippen molar-refractivity contribution in [3.8, 4) is 67.0 Å². The maximum atomic E-state index is 6.49. The molecule has 0 atom stereocenters. The van der Waals surface area contributed by atoms with Crippen LogP contribution in [0.25, 0.3) is 89.0 Å². The average Bonchev–Trinajstić information content (AvgIpc) is 3.57. The number of hydrogen-bond acceptors (Lipinski definition) is 5. The number of fused-ring (bicyclic) bond motifs is 3. The fourth-order valence-corrected chi connectivity index (χ4v) is 6.97. The zero-order chi connectivity index (χ0) is 32.6. The van der Waals surface area contributed by atoms with Crippen molar-refractivity contribution in [2.45, 2.75) is 0 Å². The van der Waals surface area contributed by atoms with Crippen LogP contribution in [0, 0.1) is 0 Å². The third-order valence-electron chi connectivity index (χ3n) is 9.08. The Balaban J connectivity index is 1.49. The Hall–Kier alpha value is -6.72. The first kappa shape index (κ1) is 28.5. The highest BCUT2D eigenvalue weighted by molar-refractivity contribution is 6.18. The molecule has 5 nitrogen and oxygen atoms in total. The quantitative estimate of drug-likeness (QED) is 0.183. The van der Waals surface area contributed by atoms with E-state index in [4.69, 9.17) is 9.40 Å². The summed E-state index contributed by atoms with van der Waals surface area (Å²) in [6.07, 6.45) is 3.57. The van der Waals surface area contributed by atoms with Gasteiger partial charge in [0.1, 0.15) is 11.2 Å². The summed E-state index contributed by atoms with van der Waals surface area (Å²) >= 11 is 0. The number of pyridine rings is 1. The van der Waals surface area contributed by atoms with Crippen molar-refractivity contribution < 1.29 is 4.42 Å². The lowest BCUT2D eigenvalue weighted by Gasteiger charge is -2.22. The van der Waals surface area contributed by atoms with E-state index < -0.39 is 0 Å². The van der Waals surface area contributed by atoms with Gasteiger partial charge in [0.05, 0.1) is 17.6 Å². The molecule has 0 unspecified atom stereocenters. The Morgan fingerprint density at radius 3 is 1.71 bits per heavy atom. The number of nitrogens with zero attached hydrogens (tertiary/aromatic N) is 4. The van der Waals surface area contributed by atoms with Gasteiger partial charge in [-0.15, -0.1) is 10.2 Å². The Kier molecular flexibility index (Phi) is 7.06. The molecule has 5 heteroatoms. The summed E-state index contributed by atoms with van der Waals surface area (Å²) in [4.78, 5) is 5.13. The molecule has 0 bridgehead atoms. The van der Waals surface area contributed by atoms with Gasteiger partial charge in [0, 0.05) is 39.2 Å². The van der Waals surface area contributed by atoms with E-state index in [1.54, 1.807) is 6.20 Å². The minimum Gasteiger partial charge on any atom is -0.456 e. The van der Waals surface area contributed by atoms with Gasteiger partial charge in [0.15, 0.2) is 0 Å². The molecule has 3 heterocycles. The SMILES string of the molecule is c1ccc(-c2cccnc2-c2c(-c3ccccc3)ccc(-c3c(-c4ccccc4)ccc4oc5ccccc5c34)c2-c2ccnnn2)cc1. The van der Waals surface area contributed by atoms with Crippen molar-refractivity contribution in [1.29, 1.82) is 0 Å². The van der Waals surface area contributed by atoms with Crippen LogP contribution in [0.1, 0.15) is 0 Å². The molecule has 0 aliphatic heterocycles. The van der Waals surface area contributed by atoms with E-state index in [-0.39, 0.29) is 0 Å². The number of hydrogen-bond donors (Lipinski definition) is 0. The van der Waals surface area contributed by atoms with E-state index in [1.165, 1.54) is 0 Å². The molecule has 0 fully saturated rings. The van der Waals surface area contributed by atoms with Gasteiger partial charge in [0.25, 0.3) is 0 Å². The first-order valence-electron chi connectivity index (χ1n) is 16.2. The smallest absolute Gasteiger partial charge is 0.136 e. The largest absolute Gasteiger partial charge is 0.456 e. The standard InChI is InChI=1S/C44H28N4O/c1-4-13-29(14-5-1)32-24-25-39-42(35-19-10-11-21-38(35)49-39)40(32)36-23-22-33(30-15-6-2-7-16-30)43(41(36)37-26-28-46-48-47-37)44-34(20-12-27-45-44)31-17-8-3-9-18-31/h1-28H. The first-order chi connectivity index (χ1) is 24.3. The molecule has 9 rings (SSSR count). The monoisotopic (exact) mass is 628 g/mol. The van der Waals surface area contributed by atoms with Gasteiger partial charge in [-0.25, -0.2) is 0 Å². The summed E-state index contributed by atoms with van der Waals surface area (Å²) in [5.41, 5.74) is 13.6. The van der Waals surface area contributed by atoms with Crippen LogP contribution in [0.5, 0.6) is 0 Å². The van der Waals surface area contributed by atoms with Gasteiger partial charge in [-0.05, 0) is 62.9 Å². The van der Waals surface area contributed by atoms with Crippen molar-refractivity contribution in [3.05, 3.63) is 170 Å². The normalized spacial score (nSPS) is 11.3. The second-order valence-electron chi connectivity index (χ2n) is 11.9. The molecule has 0 aliphatic rings. The van der Waals surface area contributed by atoms with Crippen LogP contribution < -0.4 is 0 Å². The fourth-order valence-electron chi connectivity index (χ4n) is 6.97. The summed E-state index contributed by atoms with van der Waals surface area (Å²) in [5, 5.41) is 15.0. The highest BCUT2D eigenvalue weighted by atomic mass is 16.3. The summed E-state index contributed by atoms with van der Waals surface area (Å²) in [6.45, 7) is 0. The second-order valence-corrected chi connectivity index (χ2v) is 11.9. The molecule has 0 spiro atoms. The fraction of sp³-hybridized carbons (Fsp3) is 0. The van der Waals surface area contributed by atoms with E-state index >= 15 is 0 Å². The van der Waals surface area contributed by atoms with E-state index in [0.29, 0.717) is 5.69 Å². The van der Waals surface area contributed by atoms with E-state index in [0.717, 1.165) is 83.3 Å². The third kappa shape index (κ3) is 4.96. The predicted octanol–water partition coefficient (Wildman–Crippen LogP) is 11.2. The van der Waals surface area contributed by atoms with Gasteiger partial charge in [-0.2, -0.15) is 0 Å². The van der Waals surface area contributed by atoms with Crippen LogP contribution in [-0.2, 0) is 0 Å². The first-order valence-corrected chi connectivity index (χ1v) is 16.2. The average molecular weight is 629 g/mol. The molecule has 0 radical (unpaired) electrons. The van der Waals surface area contributed by atoms with Gasteiger partial charge in [-0.3, -0.25) is 4.98 Å². The summed E-state index contributed by atoms with van der Waals surface area (Å²) in [6, 6.07) is 54.4. The van der Waals surface area contributed by atoms with Crippen molar-refractivity contribution >= 4 is 21.9 Å². The Morgan fingerprint density at radius 1 is 0.408 bits per heavy atom.